The van der Waals surface area contributed by atoms with Crippen LogP contribution in [-0.4, -0.2) is 71.7 Å². The summed E-state index contributed by atoms with van der Waals surface area (Å²) in [6.45, 7) is 3.02. The zero-order valence-corrected chi connectivity index (χ0v) is 21.3. The average molecular weight is 510 g/mol. The van der Waals surface area contributed by atoms with Gasteiger partial charge in [-0.2, -0.15) is 4.31 Å². The normalized spacial score (nSPS) is 14.9. The lowest BCUT2D eigenvalue weighted by atomic mass is 10.1. The predicted molar refractivity (Wildman–Crippen MR) is 129 cm³/mol. The summed E-state index contributed by atoms with van der Waals surface area (Å²) in [6, 6.07) is 11.2. The van der Waals surface area contributed by atoms with Crippen molar-refractivity contribution in [2.24, 2.45) is 0 Å². The number of benzene rings is 2. The molecule has 1 N–H and O–H groups in total. The van der Waals surface area contributed by atoms with E-state index in [0.29, 0.717) is 37.4 Å². The Bertz CT molecular complexity index is 1220. The third kappa shape index (κ3) is 6.15. The molecular weight excluding hydrogens is 478 g/mol. The maximum absolute atomic E-state index is 12.6. The van der Waals surface area contributed by atoms with Crippen LogP contribution in [0.25, 0.3) is 0 Å². The summed E-state index contributed by atoms with van der Waals surface area (Å²) in [5, 5.41) is 2.77. The van der Waals surface area contributed by atoms with Crippen molar-refractivity contribution in [3.8, 4) is 5.75 Å². The largest absolute Gasteiger partial charge is 0.484 e. The van der Waals surface area contributed by atoms with Crippen molar-refractivity contribution in [3.05, 3.63) is 53.6 Å². The van der Waals surface area contributed by atoms with Crippen LogP contribution in [0.2, 0.25) is 0 Å². The van der Waals surface area contributed by atoms with Gasteiger partial charge in [-0.15, -0.1) is 0 Å². The molecular formula is C23H31N3O6S2. The molecule has 3 rings (SSSR count). The number of nitrogens with one attached hydrogen (secondary N) is 1. The second kappa shape index (κ2) is 10.9. The Labute approximate surface area is 201 Å². The number of hydrogen-bond donors (Lipinski definition) is 1. The van der Waals surface area contributed by atoms with Gasteiger partial charge in [0.1, 0.15) is 5.75 Å². The van der Waals surface area contributed by atoms with E-state index < -0.39 is 20.0 Å². The van der Waals surface area contributed by atoms with Gasteiger partial charge < -0.3 is 10.1 Å². The summed E-state index contributed by atoms with van der Waals surface area (Å²) >= 11 is 0. The van der Waals surface area contributed by atoms with E-state index in [0.717, 1.165) is 22.7 Å². The van der Waals surface area contributed by atoms with Gasteiger partial charge in [0.25, 0.3) is 5.91 Å². The zero-order valence-electron chi connectivity index (χ0n) is 19.7. The molecule has 0 aliphatic carbocycles. The van der Waals surface area contributed by atoms with Crippen molar-refractivity contribution in [1.29, 1.82) is 0 Å². The van der Waals surface area contributed by atoms with Gasteiger partial charge in [0.2, 0.25) is 20.0 Å². The number of carbonyl (C=O) groups excluding carboxylic acids is 1. The van der Waals surface area contributed by atoms with Crippen molar-refractivity contribution < 1.29 is 26.4 Å². The summed E-state index contributed by atoms with van der Waals surface area (Å²) in [4.78, 5) is 12.6. The van der Waals surface area contributed by atoms with Crippen LogP contribution in [0.15, 0.2) is 52.3 Å². The standard InChI is InChI=1S/C23H31N3O6S2/c1-18-16-21(33(28,29)25(2)3)10-11-22(18)32-17-23(27)24-13-12-19-6-8-20(9-7-19)34(30,31)26-14-4-5-15-26/h6-11,16H,4-5,12-15,17H2,1-3H3,(H,24,27). The van der Waals surface area contributed by atoms with E-state index >= 15 is 0 Å². The first kappa shape index (κ1) is 26.1. The first-order valence-electron chi connectivity index (χ1n) is 11.0. The summed E-state index contributed by atoms with van der Waals surface area (Å²) in [6.07, 6.45) is 2.33. The van der Waals surface area contributed by atoms with E-state index in [2.05, 4.69) is 5.32 Å². The van der Waals surface area contributed by atoms with Crippen LogP contribution in [-0.2, 0) is 31.3 Å². The van der Waals surface area contributed by atoms with Crippen LogP contribution in [0.1, 0.15) is 24.0 Å². The van der Waals surface area contributed by atoms with Crippen LogP contribution < -0.4 is 10.1 Å². The average Bonchev–Trinajstić information content (AvgIpc) is 3.34. The van der Waals surface area contributed by atoms with Crippen molar-refractivity contribution in [1.82, 2.24) is 13.9 Å². The van der Waals surface area contributed by atoms with Gasteiger partial charge in [-0.1, -0.05) is 12.1 Å². The van der Waals surface area contributed by atoms with Crippen LogP contribution in [0.4, 0.5) is 0 Å². The van der Waals surface area contributed by atoms with Gasteiger partial charge in [0.15, 0.2) is 6.61 Å². The molecule has 9 nitrogen and oxygen atoms in total. The third-order valence-corrected chi connectivity index (χ3v) is 9.37. The maximum atomic E-state index is 12.6. The second-order valence-electron chi connectivity index (χ2n) is 8.36. The summed E-state index contributed by atoms with van der Waals surface area (Å²) in [5.74, 6) is 0.125. The Balaban J connectivity index is 1.47. The fourth-order valence-electron chi connectivity index (χ4n) is 3.60. The second-order valence-corrected chi connectivity index (χ2v) is 12.4. The Morgan fingerprint density at radius 3 is 2.21 bits per heavy atom. The van der Waals surface area contributed by atoms with Crippen LogP contribution in [0, 0.1) is 6.92 Å². The van der Waals surface area contributed by atoms with Gasteiger partial charge in [-0.3, -0.25) is 4.79 Å². The molecule has 0 saturated carbocycles. The minimum Gasteiger partial charge on any atom is -0.484 e. The first-order valence-corrected chi connectivity index (χ1v) is 13.9. The number of carbonyl (C=O) groups is 1. The van der Waals surface area contributed by atoms with Crippen molar-refractivity contribution in [2.75, 3.05) is 40.3 Å². The number of sulfonamides is 2. The van der Waals surface area contributed by atoms with Crippen LogP contribution in [0.3, 0.4) is 0 Å². The van der Waals surface area contributed by atoms with Gasteiger partial charge in [-0.25, -0.2) is 21.1 Å². The highest BCUT2D eigenvalue weighted by molar-refractivity contribution is 7.89. The number of hydrogen-bond acceptors (Lipinski definition) is 6. The van der Waals surface area contributed by atoms with Gasteiger partial charge in [0, 0.05) is 33.7 Å². The molecule has 0 aromatic heterocycles. The number of aryl methyl sites for hydroxylation is 1. The minimum absolute atomic E-state index is 0.158. The zero-order chi connectivity index (χ0) is 24.9. The quantitative estimate of drug-likeness (QED) is 0.522. The number of rotatable bonds is 10. The Morgan fingerprint density at radius 2 is 1.62 bits per heavy atom. The summed E-state index contributed by atoms with van der Waals surface area (Å²) in [7, 11) is -4.04. The predicted octanol–water partition coefficient (Wildman–Crippen LogP) is 1.77. The number of amides is 1. The lowest BCUT2D eigenvalue weighted by Gasteiger charge is -2.15. The van der Waals surface area contributed by atoms with Crippen molar-refractivity contribution in [3.63, 3.8) is 0 Å². The fraction of sp³-hybridized carbons (Fsp3) is 0.435. The van der Waals surface area contributed by atoms with Gasteiger partial charge in [0.05, 0.1) is 9.79 Å². The topological polar surface area (TPSA) is 113 Å². The van der Waals surface area contributed by atoms with Crippen LogP contribution in [0.5, 0.6) is 5.75 Å². The molecule has 0 radical (unpaired) electrons. The molecule has 1 aliphatic heterocycles. The molecule has 34 heavy (non-hydrogen) atoms. The molecule has 0 spiro atoms. The Kier molecular flexibility index (Phi) is 8.34. The monoisotopic (exact) mass is 509 g/mol. The highest BCUT2D eigenvalue weighted by atomic mass is 32.2. The van der Waals surface area contributed by atoms with Crippen molar-refractivity contribution in [2.45, 2.75) is 36.0 Å². The van der Waals surface area contributed by atoms with E-state index in [4.69, 9.17) is 4.74 Å². The number of ether oxygens (including phenoxy) is 1. The molecule has 1 fully saturated rings. The van der Waals surface area contributed by atoms with E-state index in [1.807, 2.05) is 0 Å². The Hall–Kier alpha value is -2.47. The van der Waals surface area contributed by atoms with Crippen molar-refractivity contribution >= 4 is 26.0 Å². The maximum Gasteiger partial charge on any atom is 0.257 e. The van der Waals surface area contributed by atoms with Gasteiger partial charge >= 0.3 is 0 Å². The summed E-state index contributed by atoms with van der Waals surface area (Å²) in [5.41, 5.74) is 1.52. The summed E-state index contributed by atoms with van der Waals surface area (Å²) < 4.78 is 57.8. The van der Waals surface area contributed by atoms with Gasteiger partial charge in [-0.05, 0) is 67.6 Å². The molecule has 0 atom stereocenters. The van der Waals surface area contributed by atoms with E-state index in [1.54, 1.807) is 31.2 Å². The molecule has 1 heterocycles. The lowest BCUT2D eigenvalue weighted by Crippen LogP contribution is -2.30. The molecule has 186 valence electrons. The minimum atomic E-state index is -3.54. The SMILES string of the molecule is Cc1cc(S(=O)(=O)N(C)C)ccc1OCC(=O)NCCc1ccc(S(=O)(=O)N2CCCC2)cc1. The third-order valence-electron chi connectivity index (χ3n) is 5.65. The van der Waals surface area contributed by atoms with E-state index in [9.17, 15) is 21.6 Å². The molecule has 1 aliphatic rings. The molecule has 0 bridgehead atoms. The number of nitrogens with zero attached hydrogens (tertiary/aromatic N) is 2. The lowest BCUT2D eigenvalue weighted by molar-refractivity contribution is -0.123. The molecule has 2 aromatic rings. The molecule has 11 heteroatoms. The Morgan fingerprint density at radius 1 is 1.00 bits per heavy atom. The molecule has 1 amide bonds. The highest BCUT2D eigenvalue weighted by Gasteiger charge is 2.26. The smallest absolute Gasteiger partial charge is 0.257 e. The molecule has 0 unspecified atom stereocenters. The molecule has 1 saturated heterocycles. The fourth-order valence-corrected chi connectivity index (χ4v) is 6.11. The van der Waals surface area contributed by atoms with E-state index in [-0.39, 0.29) is 22.3 Å². The van der Waals surface area contributed by atoms with Crippen LogP contribution >= 0.6 is 0 Å². The first-order chi connectivity index (χ1) is 16.0. The molecule has 2 aromatic carbocycles. The van der Waals surface area contributed by atoms with E-state index in [1.165, 1.54) is 36.6 Å². The highest BCUT2D eigenvalue weighted by Crippen LogP contribution is 2.23.